The SMILES string of the molecule is NC(=O)c1csc(C(=O)N2CCCC(CCC(=O)O)C2)c1. The lowest BCUT2D eigenvalue weighted by molar-refractivity contribution is -0.137. The van der Waals surface area contributed by atoms with E-state index in [2.05, 4.69) is 0 Å². The van der Waals surface area contributed by atoms with Gasteiger partial charge in [0.25, 0.3) is 5.91 Å². The van der Waals surface area contributed by atoms with Crippen LogP contribution in [0, 0.1) is 5.92 Å². The molecule has 21 heavy (non-hydrogen) atoms. The molecule has 1 aliphatic rings. The number of carbonyl (C=O) groups excluding carboxylic acids is 2. The van der Waals surface area contributed by atoms with Crippen LogP contribution in [0.4, 0.5) is 0 Å². The van der Waals surface area contributed by atoms with E-state index in [1.165, 1.54) is 17.4 Å². The number of likely N-dealkylation sites (tertiary alicyclic amines) is 1. The van der Waals surface area contributed by atoms with Crippen LogP contribution in [0.5, 0.6) is 0 Å². The average Bonchev–Trinajstić information content (AvgIpc) is 2.94. The molecule has 1 saturated heterocycles. The van der Waals surface area contributed by atoms with Crippen molar-refractivity contribution in [3.63, 3.8) is 0 Å². The van der Waals surface area contributed by atoms with Gasteiger partial charge in [0.05, 0.1) is 10.4 Å². The highest BCUT2D eigenvalue weighted by Crippen LogP contribution is 2.24. The molecule has 1 aromatic heterocycles. The van der Waals surface area contributed by atoms with E-state index in [-0.39, 0.29) is 18.2 Å². The van der Waals surface area contributed by atoms with Gasteiger partial charge in [-0.2, -0.15) is 0 Å². The fourth-order valence-electron chi connectivity index (χ4n) is 2.55. The topological polar surface area (TPSA) is 101 Å². The van der Waals surface area contributed by atoms with Crippen LogP contribution in [-0.4, -0.2) is 40.9 Å². The highest BCUT2D eigenvalue weighted by molar-refractivity contribution is 7.12. The Kier molecular flexibility index (Phi) is 4.95. The minimum absolute atomic E-state index is 0.104. The van der Waals surface area contributed by atoms with Gasteiger partial charge in [-0.3, -0.25) is 14.4 Å². The Morgan fingerprint density at radius 1 is 1.43 bits per heavy atom. The van der Waals surface area contributed by atoms with Crippen LogP contribution in [0.2, 0.25) is 0 Å². The molecule has 0 aliphatic carbocycles. The summed E-state index contributed by atoms with van der Waals surface area (Å²) in [5.41, 5.74) is 5.53. The van der Waals surface area contributed by atoms with Crippen molar-refractivity contribution >= 4 is 29.1 Å². The fourth-order valence-corrected chi connectivity index (χ4v) is 3.41. The van der Waals surface area contributed by atoms with Crippen molar-refractivity contribution in [3.8, 4) is 0 Å². The van der Waals surface area contributed by atoms with Crippen LogP contribution in [0.25, 0.3) is 0 Å². The van der Waals surface area contributed by atoms with Gasteiger partial charge in [0.15, 0.2) is 0 Å². The van der Waals surface area contributed by atoms with E-state index in [0.29, 0.717) is 30.0 Å². The molecule has 0 radical (unpaired) electrons. The molecule has 114 valence electrons. The average molecular weight is 310 g/mol. The Bertz CT molecular complexity index is 555. The van der Waals surface area contributed by atoms with E-state index in [1.807, 2.05) is 0 Å². The van der Waals surface area contributed by atoms with Crippen LogP contribution in [-0.2, 0) is 4.79 Å². The Balaban J connectivity index is 1.97. The predicted molar refractivity (Wildman–Crippen MR) is 78.3 cm³/mol. The van der Waals surface area contributed by atoms with E-state index < -0.39 is 11.9 Å². The Morgan fingerprint density at radius 2 is 2.19 bits per heavy atom. The van der Waals surface area contributed by atoms with Crippen molar-refractivity contribution in [1.29, 1.82) is 0 Å². The number of nitrogens with two attached hydrogens (primary N) is 1. The second-order valence-electron chi connectivity index (χ2n) is 5.26. The normalized spacial score (nSPS) is 18.5. The van der Waals surface area contributed by atoms with Gasteiger partial charge in [0.2, 0.25) is 5.91 Å². The summed E-state index contributed by atoms with van der Waals surface area (Å²) in [5, 5.41) is 10.3. The first kappa shape index (κ1) is 15.5. The van der Waals surface area contributed by atoms with E-state index >= 15 is 0 Å². The van der Waals surface area contributed by atoms with Crippen molar-refractivity contribution in [2.24, 2.45) is 11.7 Å². The molecule has 0 bridgehead atoms. The summed E-state index contributed by atoms with van der Waals surface area (Å²) in [6, 6.07) is 1.52. The largest absolute Gasteiger partial charge is 0.481 e. The van der Waals surface area contributed by atoms with E-state index in [0.717, 1.165) is 12.8 Å². The summed E-state index contributed by atoms with van der Waals surface area (Å²) in [6.45, 7) is 1.25. The Hall–Kier alpha value is -1.89. The maximum atomic E-state index is 12.4. The molecule has 1 atom stereocenters. The second-order valence-corrected chi connectivity index (χ2v) is 6.17. The molecular weight excluding hydrogens is 292 g/mol. The lowest BCUT2D eigenvalue weighted by Crippen LogP contribution is -2.39. The van der Waals surface area contributed by atoms with Crippen LogP contribution in [0.1, 0.15) is 45.7 Å². The maximum Gasteiger partial charge on any atom is 0.303 e. The number of rotatable bonds is 5. The van der Waals surface area contributed by atoms with E-state index in [1.54, 1.807) is 10.3 Å². The third kappa shape index (κ3) is 4.04. The summed E-state index contributed by atoms with van der Waals surface area (Å²) < 4.78 is 0. The van der Waals surface area contributed by atoms with Crippen molar-refractivity contribution < 1.29 is 19.5 Å². The Labute approximate surface area is 126 Å². The molecule has 2 heterocycles. The minimum atomic E-state index is -0.803. The molecule has 1 aromatic rings. The van der Waals surface area contributed by atoms with E-state index in [9.17, 15) is 14.4 Å². The Morgan fingerprint density at radius 3 is 2.81 bits per heavy atom. The van der Waals surface area contributed by atoms with Gasteiger partial charge in [0.1, 0.15) is 0 Å². The molecule has 7 heteroatoms. The molecular formula is C14H18N2O4S. The fraction of sp³-hybridized carbons (Fsp3) is 0.500. The second kappa shape index (κ2) is 6.71. The number of piperidine rings is 1. The highest BCUT2D eigenvalue weighted by Gasteiger charge is 2.25. The number of primary amides is 1. The highest BCUT2D eigenvalue weighted by atomic mass is 32.1. The van der Waals surface area contributed by atoms with Crippen LogP contribution < -0.4 is 5.73 Å². The maximum absolute atomic E-state index is 12.4. The number of amides is 2. The third-order valence-electron chi connectivity index (χ3n) is 3.67. The molecule has 0 aromatic carbocycles. The van der Waals surface area contributed by atoms with Crippen LogP contribution in [0.3, 0.4) is 0 Å². The van der Waals surface area contributed by atoms with Crippen molar-refractivity contribution in [3.05, 3.63) is 21.9 Å². The van der Waals surface area contributed by atoms with Gasteiger partial charge in [-0.1, -0.05) is 0 Å². The number of carboxylic acids is 1. The zero-order valence-corrected chi connectivity index (χ0v) is 12.4. The van der Waals surface area contributed by atoms with Crippen LogP contribution in [0.15, 0.2) is 11.4 Å². The van der Waals surface area contributed by atoms with Gasteiger partial charge in [-0.05, 0) is 31.2 Å². The molecule has 2 rings (SSSR count). The monoisotopic (exact) mass is 310 g/mol. The number of aliphatic carboxylic acids is 1. The number of carbonyl (C=O) groups is 3. The predicted octanol–water partition coefficient (Wildman–Crippen LogP) is 1.56. The van der Waals surface area contributed by atoms with Crippen molar-refractivity contribution in [2.45, 2.75) is 25.7 Å². The van der Waals surface area contributed by atoms with Gasteiger partial charge >= 0.3 is 5.97 Å². The standard InChI is InChI=1S/C14H18N2O4S/c15-13(19)10-6-11(21-8-10)14(20)16-5-1-2-9(7-16)3-4-12(17)18/h6,8-9H,1-5,7H2,(H2,15,19)(H,17,18). The number of hydrogen-bond acceptors (Lipinski definition) is 4. The zero-order valence-electron chi connectivity index (χ0n) is 11.6. The third-order valence-corrected chi connectivity index (χ3v) is 4.59. The van der Waals surface area contributed by atoms with Gasteiger partial charge in [0, 0.05) is 24.9 Å². The lowest BCUT2D eigenvalue weighted by Gasteiger charge is -2.32. The smallest absolute Gasteiger partial charge is 0.303 e. The zero-order chi connectivity index (χ0) is 15.4. The van der Waals surface area contributed by atoms with E-state index in [4.69, 9.17) is 10.8 Å². The molecule has 1 aliphatic heterocycles. The first-order chi connectivity index (χ1) is 9.97. The first-order valence-corrected chi connectivity index (χ1v) is 7.74. The summed E-state index contributed by atoms with van der Waals surface area (Å²) in [6.07, 6.45) is 2.56. The van der Waals surface area contributed by atoms with Crippen molar-refractivity contribution in [2.75, 3.05) is 13.1 Å². The summed E-state index contributed by atoms with van der Waals surface area (Å²) in [4.78, 5) is 36.3. The van der Waals surface area contributed by atoms with Crippen molar-refractivity contribution in [1.82, 2.24) is 4.90 Å². The van der Waals surface area contributed by atoms with Gasteiger partial charge < -0.3 is 15.7 Å². The molecule has 1 fully saturated rings. The molecule has 0 spiro atoms. The van der Waals surface area contributed by atoms with Crippen LogP contribution >= 0.6 is 11.3 Å². The first-order valence-electron chi connectivity index (χ1n) is 6.86. The number of thiophene rings is 1. The lowest BCUT2D eigenvalue weighted by atomic mass is 9.93. The number of nitrogens with zero attached hydrogens (tertiary/aromatic N) is 1. The minimum Gasteiger partial charge on any atom is -0.481 e. The number of carboxylic acid groups (broad SMARTS) is 1. The summed E-state index contributed by atoms with van der Waals surface area (Å²) >= 11 is 1.21. The molecule has 0 saturated carbocycles. The molecule has 3 N–H and O–H groups in total. The number of hydrogen-bond donors (Lipinski definition) is 2. The molecule has 2 amide bonds. The molecule has 6 nitrogen and oxygen atoms in total. The molecule has 1 unspecified atom stereocenters. The summed E-state index contributed by atoms with van der Waals surface area (Å²) in [5.74, 6) is -1.21. The van der Waals surface area contributed by atoms with Gasteiger partial charge in [-0.25, -0.2) is 0 Å². The quantitative estimate of drug-likeness (QED) is 0.861. The van der Waals surface area contributed by atoms with Gasteiger partial charge in [-0.15, -0.1) is 11.3 Å². The summed E-state index contributed by atoms with van der Waals surface area (Å²) in [7, 11) is 0.